The molecule has 0 spiro atoms. The van der Waals surface area contributed by atoms with E-state index in [9.17, 15) is 0 Å². The maximum Gasteiger partial charge on any atom is 0.329 e. The summed E-state index contributed by atoms with van der Waals surface area (Å²) in [5.74, 6) is 0.381. The highest BCUT2D eigenvalue weighted by molar-refractivity contribution is 9.10. The van der Waals surface area contributed by atoms with Gasteiger partial charge in [-0.15, -0.1) is 4.68 Å². The van der Waals surface area contributed by atoms with Gasteiger partial charge in [-0.05, 0) is 54.1 Å². The minimum absolute atomic E-state index is 0. The average molecular weight is 528 g/mol. The van der Waals surface area contributed by atoms with Crippen LogP contribution in [0.4, 0.5) is 0 Å². The number of hydrazone groups is 1. The molecule has 2 aromatic rings. The first-order valence-corrected chi connectivity index (χ1v) is 10.1. The van der Waals surface area contributed by atoms with Gasteiger partial charge in [-0.1, -0.05) is 57.4 Å². The van der Waals surface area contributed by atoms with Crippen LogP contribution in [0.3, 0.4) is 0 Å². The molecule has 0 bridgehead atoms. The van der Waals surface area contributed by atoms with Crippen LogP contribution in [0.1, 0.15) is 29.2 Å². The number of hydrogen-bond acceptors (Lipinski definition) is 2. The van der Waals surface area contributed by atoms with Crippen LogP contribution in [0.15, 0.2) is 58.1 Å². The SMILES string of the molecule is CS/C(N)=[N+]1/N=C2c3ccccc3CC[C@H]2[C@H]1c1ccc(Br)cc1.[I-]. The number of aryl methyl sites for hydroxylation is 1. The van der Waals surface area contributed by atoms with Crippen LogP contribution in [-0.2, 0) is 6.42 Å². The molecule has 1 heterocycles. The van der Waals surface area contributed by atoms with E-state index in [0.29, 0.717) is 5.92 Å². The highest BCUT2D eigenvalue weighted by Crippen LogP contribution is 2.41. The summed E-state index contributed by atoms with van der Waals surface area (Å²) >= 11 is 5.08. The molecular weight excluding hydrogens is 509 g/mol. The number of nitrogens with zero attached hydrogens (tertiary/aromatic N) is 2. The fraction of sp³-hybridized carbons (Fsp3) is 0.263. The van der Waals surface area contributed by atoms with Crippen molar-refractivity contribution >= 4 is 38.6 Å². The summed E-state index contributed by atoms with van der Waals surface area (Å²) < 4.78 is 3.11. The van der Waals surface area contributed by atoms with E-state index in [-0.39, 0.29) is 30.0 Å². The fourth-order valence-corrected chi connectivity index (χ4v) is 4.34. The normalized spacial score (nSPS) is 23.2. The third-order valence-corrected chi connectivity index (χ3v) is 6.01. The predicted molar refractivity (Wildman–Crippen MR) is 105 cm³/mol. The van der Waals surface area contributed by atoms with E-state index in [1.807, 2.05) is 10.9 Å². The largest absolute Gasteiger partial charge is 1.00 e. The van der Waals surface area contributed by atoms with Gasteiger partial charge in [0, 0.05) is 10.0 Å². The Morgan fingerprint density at radius 3 is 2.64 bits per heavy atom. The number of nitrogens with two attached hydrogens (primary N) is 1. The van der Waals surface area contributed by atoms with Gasteiger partial charge in [-0.25, -0.2) is 0 Å². The van der Waals surface area contributed by atoms with Gasteiger partial charge in [0.1, 0.15) is 0 Å². The Hall–Kier alpha value is -0.860. The second kappa shape index (κ2) is 7.80. The molecule has 0 saturated heterocycles. The van der Waals surface area contributed by atoms with E-state index in [2.05, 4.69) is 64.5 Å². The number of halogens is 2. The lowest BCUT2D eigenvalue weighted by molar-refractivity contribution is -0.571. The molecular formula is C19H19BrIN3S. The maximum absolute atomic E-state index is 6.30. The molecule has 4 rings (SSSR count). The zero-order valence-corrected chi connectivity index (χ0v) is 18.4. The van der Waals surface area contributed by atoms with Crippen LogP contribution in [0.2, 0.25) is 0 Å². The number of hydrogen-bond donors (Lipinski definition) is 1. The van der Waals surface area contributed by atoms with E-state index in [0.717, 1.165) is 22.5 Å². The summed E-state index contributed by atoms with van der Waals surface area (Å²) in [5.41, 5.74) is 11.4. The Morgan fingerprint density at radius 1 is 1.20 bits per heavy atom. The summed E-state index contributed by atoms with van der Waals surface area (Å²) in [7, 11) is 0. The van der Waals surface area contributed by atoms with Gasteiger partial charge >= 0.3 is 5.17 Å². The monoisotopic (exact) mass is 527 g/mol. The quantitative estimate of drug-likeness (QED) is 0.343. The summed E-state index contributed by atoms with van der Waals surface area (Å²) in [5, 5.41) is 5.71. The van der Waals surface area contributed by atoms with E-state index in [1.165, 1.54) is 22.4 Å². The highest BCUT2D eigenvalue weighted by Gasteiger charge is 2.44. The predicted octanol–water partition coefficient (Wildman–Crippen LogP) is 1.16. The number of amidine groups is 1. The number of benzene rings is 2. The number of thioether (sulfide) groups is 1. The molecule has 0 fully saturated rings. The maximum atomic E-state index is 6.30. The summed E-state index contributed by atoms with van der Waals surface area (Å²) in [6.45, 7) is 0. The van der Waals surface area contributed by atoms with E-state index < -0.39 is 0 Å². The number of rotatable bonds is 1. The first-order chi connectivity index (χ1) is 11.7. The van der Waals surface area contributed by atoms with E-state index in [4.69, 9.17) is 10.8 Å². The zero-order valence-electron chi connectivity index (χ0n) is 13.8. The topological polar surface area (TPSA) is 41.4 Å². The average Bonchev–Trinajstić information content (AvgIpc) is 3.01. The molecule has 0 aromatic heterocycles. The Bertz CT molecular complexity index is 848. The van der Waals surface area contributed by atoms with Crippen molar-refractivity contribution in [1.29, 1.82) is 0 Å². The van der Waals surface area contributed by atoms with Crippen molar-refractivity contribution in [2.24, 2.45) is 16.8 Å². The molecule has 0 radical (unpaired) electrons. The van der Waals surface area contributed by atoms with Gasteiger partial charge in [0.15, 0.2) is 6.04 Å². The van der Waals surface area contributed by atoms with Crippen LogP contribution < -0.4 is 29.7 Å². The second-order valence-electron chi connectivity index (χ2n) is 6.17. The van der Waals surface area contributed by atoms with Crippen molar-refractivity contribution < 1.29 is 28.7 Å². The van der Waals surface area contributed by atoms with E-state index >= 15 is 0 Å². The van der Waals surface area contributed by atoms with Crippen molar-refractivity contribution in [3.05, 3.63) is 69.7 Å². The smallest absolute Gasteiger partial charge is 0.329 e. The molecule has 0 amide bonds. The molecule has 2 aromatic carbocycles. The van der Waals surface area contributed by atoms with Crippen LogP contribution in [0.25, 0.3) is 0 Å². The lowest BCUT2D eigenvalue weighted by Crippen LogP contribution is -3.00. The van der Waals surface area contributed by atoms with Crippen LogP contribution in [0.5, 0.6) is 0 Å². The minimum Gasteiger partial charge on any atom is -1.00 e. The van der Waals surface area contributed by atoms with Gasteiger partial charge in [0.25, 0.3) is 0 Å². The molecule has 2 atom stereocenters. The summed E-state index contributed by atoms with van der Waals surface area (Å²) in [6.07, 6.45) is 4.21. The van der Waals surface area contributed by atoms with Crippen molar-refractivity contribution in [2.75, 3.05) is 6.26 Å². The van der Waals surface area contributed by atoms with Crippen LogP contribution in [0, 0.1) is 5.92 Å². The molecule has 6 heteroatoms. The zero-order chi connectivity index (χ0) is 16.7. The fourth-order valence-electron chi connectivity index (χ4n) is 3.73. The van der Waals surface area contributed by atoms with Gasteiger partial charge in [-0.3, -0.25) is 5.73 Å². The lowest BCUT2D eigenvalue weighted by Gasteiger charge is -2.24. The molecule has 3 nitrogen and oxygen atoms in total. The van der Waals surface area contributed by atoms with Gasteiger partial charge in [0.05, 0.1) is 11.6 Å². The molecule has 25 heavy (non-hydrogen) atoms. The molecule has 2 aliphatic rings. The van der Waals surface area contributed by atoms with Gasteiger partial charge in [-0.2, -0.15) is 0 Å². The van der Waals surface area contributed by atoms with Crippen molar-refractivity contribution in [3.8, 4) is 0 Å². The van der Waals surface area contributed by atoms with E-state index in [1.54, 1.807) is 11.8 Å². The molecule has 2 N–H and O–H groups in total. The third-order valence-electron chi connectivity index (χ3n) is 4.88. The number of fused-ring (bicyclic) bond motifs is 3. The standard InChI is InChI=1S/C19H18BrN3S.HI/c1-24-19(21)23-18(13-6-9-14(20)10-7-13)16-11-8-12-4-2-3-5-15(12)17(16)22-23;/h2-7,9-10,16,18,21H,8,11H2,1H3;1H/t16-,18-;/m1./s1. The van der Waals surface area contributed by atoms with Gasteiger partial charge < -0.3 is 24.0 Å². The minimum atomic E-state index is 0. The Labute approximate surface area is 177 Å². The second-order valence-corrected chi connectivity index (χ2v) is 7.91. The highest BCUT2D eigenvalue weighted by atomic mass is 127. The van der Waals surface area contributed by atoms with Gasteiger partial charge in [0.2, 0.25) is 0 Å². The van der Waals surface area contributed by atoms with Crippen molar-refractivity contribution in [1.82, 2.24) is 0 Å². The van der Waals surface area contributed by atoms with Crippen molar-refractivity contribution in [3.63, 3.8) is 0 Å². The molecule has 0 unspecified atom stereocenters. The molecule has 1 aliphatic carbocycles. The third kappa shape index (κ3) is 3.40. The lowest BCUT2D eigenvalue weighted by atomic mass is 9.77. The Kier molecular flexibility index (Phi) is 5.90. The Balaban J connectivity index is 0.00000182. The van der Waals surface area contributed by atoms with Crippen LogP contribution >= 0.6 is 27.7 Å². The Morgan fingerprint density at radius 2 is 1.92 bits per heavy atom. The first-order valence-electron chi connectivity index (χ1n) is 8.07. The van der Waals surface area contributed by atoms with Crippen LogP contribution in [-0.4, -0.2) is 21.8 Å². The summed E-state index contributed by atoms with van der Waals surface area (Å²) in [4.78, 5) is 0. The molecule has 1 aliphatic heterocycles. The first kappa shape index (κ1) is 18.9. The molecule has 130 valence electrons. The summed E-state index contributed by atoms with van der Waals surface area (Å²) in [6, 6.07) is 17.3. The molecule has 0 saturated carbocycles. The van der Waals surface area contributed by atoms with Crippen molar-refractivity contribution in [2.45, 2.75) is 18.9 Å².